The minimum Gasteiger partial charge on any atom is -0.310 e. The molecule has 5 heteroatoms. The number of nitrogens with one attached hydrogen (secondary N) is 1. The fourth-order valence-corrected chi connectivity index (χ4v) is 2.56. The lowest BCUT2D eigenvalue weighted by Gasteiger charge is -2.26. The molecule has 0 radical (unpaired) electrons. The zero-order chi connectivity index (χ0) is 15.4. The second-order valence-corrected chi connectivity index (χ2v) is 5.30. The first-order valence-corrected chi connectivity index (χ1v) is 7.20. The molecule has 0 saturated carbocycles. The summed E-state index contributed by atoms with van der Waals surface area (Å²) in [5.41, 5.74) is 1.29. The van der Waals surface area contributed by atoms with Crippen molar-refractivity contribution < 1.29 is 8.78 Å². The van der Waals surface area contributed by atoms with E-state index in [4.69, 9.17) is 11.6 Å². The standard InChI is InChI=1S/C16H17ClF2N2/c1-3-21-16(10(2)11-4-6-20-7-5-11)12-8-15(19)13(17)9-14(12)18/h4-10,16,21H,3H2,1-2H3. The zero-order valence-corrected chi connectivity index (χ0v) is 12.7. The molecule has 2 unspecified atom stereocenters. The summed E-state index contributed by atoms with van der Waals surface area (Å²) in [7, 11) is 0. The van der Waals surface area contributed by atoms with E-state index in [2.05, 4.69) is 10.3 Å². The number of aromatic nitrogens is 1. The Kier molecular flexibility index (Phi) is 5.26. The van der Waals surface area contributed by atoms with E-state index in [-0.39, 0.29) is 22.5 Å². The van der Waals surface area contributed by atoms with Crippen molar-refractivity contribution in [3.8, 4) is 0 Å². The molecular weight excluding hydrogens is 294 g/mol. The molecule has 0 spiro atoms. The van der Waals surface area contributed by atoms with Crippen molar-refractivity contribution in [3.05, 3.63) is 64.4 Å². The summed E-state index contributed by atoms with van der Waals surface area (Å²) in [5, 5.41) is 3.01. The maximum absolute atomic E-state index is 14.2. The molecular formula is C16H17ClF2N2. The van der Waals surface area contributed by atoms with Gasteiger partial charge < -0.3 is 5.32 Å². The van der Waals surface area contributed by atoms with Crippen LogP contribution in [0.1, 0.15) is 36.9 Å². The van der Waals surface area contributed by atoms with E-state index in [9.17, 15) is 8.78 Å². The summed E-state index contributed by atoms with van der Waals surface area (Å²) in [5.74, 6) is -1.16. The molecule has 1 aromatic carbocycles. The zero-order valence-electron chi connectivity index (χ0n) is 11.9. The third kappa shape index (κ3) is 3.57. The Morgan fingerprint density at radius 1 is 1.19 bits per heavy atom. The molecule has 2 rings (SSSR count). The van der Waals surface area contributed by atoms with E-state index in [1.165, 1.54) is 6.07 Å². The van der Waals surface area contributed by atoms with Gasteiger partial charge in [-0.1, -0.05) is 25.4 Å². The summed E-state index contributed by atoms with van der Waals surface area (Å²) in [6.45, 7) is 4.54. The van der Waals surface area contributed by atoms with Crippen LogP contribution in [0.2, 0.25) is 5.02 Å². The monoisotopic (exact) mass is 310 g/mol. The molecule has 112 valence electrons. The Morgan fingerprint density at radius 2 is 1.86 bits per heavy atom. The van der Waals surface area contributed by atoms with Crippen LogP contribution >= 0.6 is 11.6 Å². The predicted octanol–water partition coefficient (Wildman–Crippen LogP) is 4.47. The number of rotatable bonds is 5. The maximum atomic E-state index is 14.2. The highest BCUT2D eigenvalue weighted by Crippen LogP contribution is 2.33. The van der Waals surface area contributed by atoms with Gasteiger partial charge in [-0.3, -0.25) is 4.98 Å². The Balaban J connectivity index is 2.42. The van der Waals surface area contributed by atoms with Gasteiger partial charge in [0.15, 0.2) is 0 Å². The highest BCUT2D eigenvalue weighted by atomic mass is 35.5. The molecule has 0 amide bonds. The number of hydrogen-bond donors (Lipinski definition) is 1. The smallest absolute Gasteiger partial charge is 0.142 e. The van der Waals surface area contributed by atoms with Gasteiger partial charge in [0.25, 0.3) is 0 Å². The van der Waals surface area contributed by atoms with Gasteiger partial charge in [-0.2, -0.15) is 0 Å². The molecule has 0 aliphatic carbocycles. The van der Waals surface area contributed by atoms with Gasteiger partial charge >= 0.3 is 0 Å². The van der Waals surface area contributed by atoms with Crippen LogP contribution in [0.5, 0.6) is 0 Å². The van der Waals surface area contributed by atoms with Crippen molar-refractivity contribution in [2.45, 2.75) is 25.8 Å². The molecule has 0 aliphatic heterocycles. The molecule has 2 atom stereocenters. The van der Waals surface area contributed by atoms with Gasteiger partial charge in [0.2, 0.25) is 0 Å². The van der Waals surface area contributed by atoms with Crippen LogP contribution in [0.4, 0.5) is 8.78 Å². The van der Waals surface area contributed by atoms with Crippen molar-refractivity contribution in [2.75, 3.05) is 6.54 Å². The van der Waals surface area contributed by atoms with E-state index in [0.29, 0.717) is 6.54 Å². The Morgan fingerprint density at radius 3 is 2.48 bits per heavy atom. The summed E-state index contributed by atoms with van der Waals surface area (Å²) in [6, 6.07) is 5.60. The largest absolute Gasteiger partial charge is 0.310 e. The van der Waals surface area contributed by atoms with E-state index >= 15 is 0 Å². The number of nitrogens with zero attached hydrogens (tertiary/aromatic N) is 1. The summed E-state index contributed by atoms with van der Waals surface area (Å²) < 4.78 is 27.9. The van der Waals surface area contributed by atoms with Crippen LogP contribution < -0.4 is 5.32 Å². The SMILES string of the molecule is CCNC(c1cc(F)c(Cl)cc1F)C(C)c1ccncc1. The number of benzene rings is 1. The Bertz CT molecular complexity index is 605. The molecule has 1 N–H and O–H groups in total. The van der Waals surface area contributed by atoms with E-state index < -0.39 is 11.6 Å². The lowest BCUT2D eigenvalue weighted by molar-refractivity contribution is 0.451. The molecule has 0 aliphatic rings. The minimum absolute atomic E-state index is 0.0389. The van der Waals surface area contributed by atoms with Gasteiger partial charge in [0.05, 0.1) is 5.02 Å². The van der Waals surface area contributed by atoms with Crippen LogP contribution in [-0.4, -0.2) is 11.5 Å². The minimum atomic E-state index is -0.613. The molecule has 0 saturated heterocycles. The quantitative estimate of drug-likeness (QED) is 0.824. The maximum Gasteiger partial charge on any atom is 0.142 e. The average Bonchev–Trinajstić information content (AvgIpc) is 2.49. The molecule has 1 aromatic heterocycles. The lowest BCUT2D eigenvalue weighted by atomic mass is 9.88. The van der Waals surface area contributed by atoms with Gasteiger partial charge in [-0.25, -0.2) is 8.78 Å². The van der Waals surface area contributed by atoms with E-state index in [0.717, 1.165) is 11.6 Å². The predicted molar refractivity (Wildman–Crippen MR) is 80.4 cm³/mol. The third-order valence-electron chi connectivity index (χ3n) is 3.53. The lowest BCUT2D eigenvalue weighted by Crippen LogP contribution is -2.27. The van der Waals surface area contributed by atoms with Crippen molar-refractivity contribution in [3.63, 3.8) is 0 Å². The third-order valence-corrected chi connectivity index (χ3v) is 3.82. The first-order chi connectivity index (χ1) is 10.0. The molecule has 2 aromatic rings. The number of pyridine rings is 1. The van der Waals surface area contributed by atoms with Gasteiger partial charge in [-0.05, 0) is 36.4 Å². The number of hydrogen-bond acceptors (Lipinski definition) is 2. The fourth-order valence-electron chi connectivity index (χ4n) is 2.41. The Labute approximate surface area is 128 Å². The van der Waals surface area contributed by atoms with Crippen molar-refractivity contribution in [2.24, 2.45) is 0 Å². The molecule has 1 heterocycles. The number of likely N-dealkylation sites (N-methyl/N-ethyl adjacent to an activating group) is 1. The van der Waals surface area contributed by atoms with Gasteiger partial charge in [-0.15, -0.1) is 0 Å². The highest BCUT2D eigenvalue weighted by Gasteiger charge is 2.24. The van der Waals surface area contributed by atoms with Crippen LogP contribution in [-0.2, 0) is 0 Å². The number of halogens is 3. The summed E-state index contributed by atoms with van der Waals surface area (Å²) in [4.78, 5) is 3.98. The highest BCUT2D eigenvalue weighted by molar-refractivity contribution is 6.30. The second-order valence-electron chi connectivity index (χ2n) is 4.89. The normalized spacial score (nSPS) is 14.0. The van der Waals surface area contributed by atoms with Crippen molar-refractivity contribution >= 4 is 11.6 Å². The van der Waals surface area contributed by atoms with Crippen molar-refractivity contribution in [1.29, 1.82) is 0 Å². The first-order valence-electron chi connectivity index (χ1n) is 6.82. The Hall–Kier alpha value is -1.52. The average molecular weight is 311 g/mol. The van der Waals surface area contributed by atoms with Gasteiger partial charge in [0, 0.05) is 29.9 Å². The van der Waals surface area contributed by atoms with Gasteiger partial charge in [0.1, 0.15) is 11.6 Å². The van der Waals surface area contributed by atoms with Crippen LogP contribution in [0.25, 0.3) is 0 Å². The van der Waals surface area contributed by atoms with E-state index in [1.807, 2.05) is 26.0 Å². The first kappa shape index (κ1) is 15.9. The second kappa shape index (κ2) is 6.96. The van der Waals surface area contributed by atoms with Crippen LogP contribution in [0, 0.1) is 11.6 Å². The van der Waals surface area contributed by atoms with Crippen LogP contribution in [0.15, 0.2) is 36.7 Å². The van der Waals surface area contributed by atoms with Crippen LogP contribution in [0.3, 0.4) is 0 Å². The molecule has 0 fully saturated rings. The molecule has 21 heavy (non-hydrogen) atoms. The molecule has 0 bridgehead atoms. The summed E-state index contributed by atoms with van der Waals surface area (Å²) in [6.07, 6.45) is 3.38. The molecule has 2 nitrogen and oxygen atoms in total. The fraction of sp³-hybridized carbons (Fsp3) is 0.312. The topological polar surface area (TPSA) is 24.9 Å². The van der Waals surface area contributed by atoms with Crippen molar-refractivity contribution in [1.82, 2.24) is 10.3 Å². The van der Waals surface area contributed by atoms with E-state index in [1.54, 1.807) is 12.4 Å². The summed E-state index contributed by atoms with van der Waals surface area (Å²) >= 11 is 5.62.